The van der Waals surface area contributed by atoms with E-state index < -0.39 is 11.9 Å². The third kappa shape index (κ3) is 6.99. The SMILES string of the molecule is CC1(C)CC(=O)C=C(NCC(=O)NNC(=O)NCCCl)C1. The van der Waals surface area contributed by atoms with Crippen LogP contribution in [-0.4, -0.2) is 36.7 Å². The molecular weight excluding hydrogens is 296 g/mol. The summed E-state index contributed by atoms with van der Waals surface area (Å²) in [6.45, 7) is 4.29. The summed E-state index contributed by atoms with van der Waals surface area (Å²) < 4.78 is 0. The molecule has 0 spiro atoms. The first-order valence-corrected chi connectivity index (χ1v) is 7.22. The Morgan fingerprint density at radius 3 is 2.62 bits per heavy atom. The highest BCUT2D eigenvalue weighted by atomic mass is 35.5. The van der Waals surface area contributed by atoms with Gasteiger partial charge in [0.15, 0.2) is 5.78 Å². The molecule has 0 aromatic heterocycles. The molecule has 0 aromatic rings. The van der Waals surface area contributed by atoms with Crippen molar-refractivity contribution in [2.45, 2.75) is 26.7 Å². The monoisotopic (exact) mass is 316 g/mol. The Morgan fingerprint density at radius 1 is 1.29 bits per heavy atom. The van der Waals surface area contributed by atoms with Crippen LogP contribution < -0.4 is 21.5 Å². The second-order valence-corrected chi connectivity index (χ2v) is 6.00. The van der Waals surface area contributed by atoms with E-state index in [-0.39, 0.29) is 17.7 Å². The van der Waals surface area contributed by atoms with Gasteiger partial charge >= 0.3 is 6.03 Å². The van der Waals surface area contributed by atoms with Gasteiger partial charge in [0.05, 0.1) is 6.54 Å². The van der Waals surface area contributed by atoms with Crippen molar-refractivity contribution >= 4 is 29.3 Å². The third-order valence-corrected chi connectivity index (χ3v) is 3.02. The average molecular weight is 317 g/mol. The van der Waals surface area contributed by atoms with Crippen molar-refractivity contribution in [2.75, 3.05) is 19.0 Å². The summed E-state index contributed by atoms with van der Waals surface area (Å²) in [6.07, 6.45) is 2.74. The normalized spacial score (nSPS) is 16.7. The highest BCUT2D eigenvalue weighted by Crippen LogP contribution is 2.32. The maximum atomic E-state index is 11.6. The predicted molar refractivity (Wildman–Crippen MR) is 79.5 cm³/mol. The number of ketones is 1. The molecule has 21 heavy (non-hydrogen) atoms. The van der Waals surface area contributed by atoms with Crippen molar-refractivity contribution in [1.82, 2.24) is 21.5 Å². The zero-order chi connectivity index (χ0) is 15.9. The van der Waals surface area contributed by atoms with E-state index in [1.165, 1.54) is 6.08 Å². The van der Waals surface area contributed by atoms with E-state index in [9.17, 15) is 14.4 Å². The topological polar surface area (TPSA) is 99.3 Å². The molecule has 3 amide bonds. The Balaban J connectivity index is 2.30. The highest BCUT2D eigenvalue weighted by Gasteiger charge is 2.27. The number of alkyl halides is 1. The lowest BCUT2D eigenvalue weighted by molar-refractivity contribution is -0.121. The second-order valence-electron chi connectivity index (χ2n) is 5.63. The summed E-state index contributed by atoms with van der Waals surface area (Å²) in [6, 6.07) is -0.530. The quantitative estimate of drug-likeness (QED) is 0.436. The molecule has 0 radical (unpaired) electrons. The molecule has 118 valence electrons. The molecule has 4 N–H and O–H groups in total. The number of hydrogen-bond donors (Lipinski definition) is 4. The fraction of sp³-hybridized carbons (Fsp3) is 0.615. The number of hydrogen-bond acceptors (Lipinski definition) is 4. The number of rotatable bonds is 5. The maximum Gasteiger partial charge on any atom is 0.333 e. The average Bonchev–Trinajstić information content (AvgIpc) is 2.38. The van der Waals surface area contributed by atoms with E-state index in [0.717, 1.165) is 5.70 Å². The molecule has 0 saturated heterocycles. The zero-order valence-corrected chi connectivity index (χ0v) is 13.0. The van der Waals surface area contributed by atoms with Crippen LogP contribution in [0.15, 0.2) is 11.8 Å². The minimum Gasteiger partial charge on any atom is -0.379 e. The minimum absolute atomic E-state index is 0.0228. The molecule has 0 unspecified atom stereocenters. The lowest BCUT2D eigenvalue weighted by atomic mass is 9.79. The third-order valence-electron chi connectivity index (χ3n) is 2.83. The smallest absolute Gasteiger partial charge is 0.333 e. The van der Waals surface area contributed by atoms with Gasteiger partial charge in [0, 0.05) is 30.6 Å². The van der Waals surface area contributed by atoms with Crippen molar-refractivity contribution in [3.05, 3.63) is 11.8 Å². The van der Waals surface area contributed by atoms with Crippen LogP contribution in [0.5, 0.6) is 0 Å². The van der Waals surface area contributed by atoms with Gasteiger partial charge in [0.2, 0.25) is 0 Å². The van der Waals surface area contributed by atoms with Crippen LogP contribution in [0.4, 0.5) is 4.79 Å². The molecule has 8 heteroatoms. The van der Waals surface area contributed by atoms with E-state index in [0.29, 0.717) is 25.3 Å². The van der Waals surface area contributed by atoms with Gasteiger partial charge in [-0.3, -0.25) is 15.0 Å². The summed E-state index contributed by atoms with van der Waals surface area (Å²) in [5.41, 5.74) is 5.07. The number of halogens is 1. The van der Waals surface area contributed by atoms with Gasteiger partial charge in [-0.2, -0.15) is 0 Å². The number of amides is 3. The Labute approximate surface area is 128 Å². The van der Waals surface area contributed by atoms with Crippen molar-refractivity contribution in [2.24, 2.45) is 5.41 Å². The van der Waals surface area contributed by atoms with Crippen LogP contribution >= 0.6 is 11.6 Å². The van der Waals surface area contributed by atoms with Crippen molar-refractivity contribution in [1.29, 1.82) is 0 Å². The second kappa shape index (κ2) is 7.87. The number of hydrazine groups is 1. The van der Waals surface area contributed by atoms with Gasteiger partial charge < -0.3 is 10.6 Å². The van der Waals surface area contributed by atoms with Crippen molar-refractivity contribution in [3.8, 4) is 0 Å². The summed E-state index contributed by atoms with van der Waals surface area (Å²) in [5, 5.41) is 5.35. The van der Waals surface area contributed by atoms with E-state index >= 15 is 0 Å². The molecule has 1 rings (SSSR count). The van der Waals surface area contributed by atoms with Crippen LogP contribution in [0.1, 0.15) is 26.7 Å². The van der Waals surface area contributed by atoms with Gasteiger partial charge in [0.25, 0.3) is 5.91 Å². The van der Waals surface area contributed by atoms with E-state index in [1.54, 1.807) is 0 Å². The molecule has 0 bridgehead atoms. The largest absolute Gasteiger partial charge is 0.379 e. The molecule has 1 aliphatic rings. The highest BCUT2D eigenvalue weighted by molar-refractivity contribution is 6.18. The lowest BCUT2D eigenvalue weighted by Crippen LogP contribution is -2.49. The van der Waals surface area contributed by atoms with Crippen LogP contribution in [0.2, 0.25) is 0 Å². The van der Waals surface area contributed by atoms with Crippen molar-refractivity contribution < 1.29 is 14.4 Å². The van der Waals surface area contributed by atoms with E-state index in [2.05, 4.69) is 21.5 Å². The first-order chi connectivity index (χ1) is 9.82. The van der Waals surface area contributed by atoms with Gasteiger partial charge in [-0.05, 0) is 11.8 Å². The minimum atomic E-state index is -0.530. The van der Waals surface area contributed by atoms with Crippen LogP contribution in [0.3, 0.4) is 0 Å². The Morgan fingerprint density at radius 2 is 2.00 bits per heavy atom. The molecule has 0 aromatic carbocycles. The molecule has 7 nitrogen and oxygen atoms in total. The maximum absolute atomic E-state index is 11.6. The molecule has 0 heterocycles. The number of allylic oxidation sites excluding steroid dienone is 2. The Kier molecular flexibility index (Phi) is 6.48. The molecule has 0 aliphatic heterocycles. The standard InChI is InChI=1S/C13H21ClN4O3/c1-13(2)6-9(5-10(19)7-13)16-8-11(20)17-18-12(21)15-4-3-14/h5,16H,3-4,6-8H2,1-2H3,(H,17,20)(H2,15,18,21). The fourth-order valence-corrected chi connectivity index (χ4v) is 2.12. The molecule has 0 fully saturated rings. The Bertz CT molecular complexity index is 449. The number of carbonyl (C=O) groups is 3. The molecule has 0 atom stereocenters. The summed E-state index contributed by atoms with van der Waals surface area (Å²) in [5.74, 6) is -0.0681. The van der Waals surface area contributed by atoms with Crippen LogP contribution in [0.25, 0.3) is 0 Å². The van der Waals surface area contributed by atoms with E-state index in [1.807, 2.05) is 13.8 Å². The summed E-state index contributed by atoms with van der Waals surface area (Å²) in [7, 11) is 0. The summed E-state index contributed by atoms with van der Waals surface area (Å²) in [4.78, 5) is 34.3. The lowest BCUT2D eigenvalue weighted by Gasteiger charge is -2.29. The summed E-state index contributed by atoms with van der Waals surface area (Å²) >= 11 is 5.41. The molecule has 0 saturated carbocycles. The number of urea groups is 1. The van der Waals surface area contributed by atoms with Gasteiger partial charge in [-0.1, -0.05) is 13.8 Å². The fourth-order valence-electron chi connectivity index (χ4n) is 2.03. The molecule has 1 aliphatic carbocycles. The molecular formula is C13H21ClN4O3. The number of carbonyl (C=O) groups excluding carboxylic acids is 3. The van der Waals surface area contributed by atoms with Gasteiger partial charge in [-0.15, -0.1) is 11.6 Å². The Hall–Kier alpha value is -1.76. The first kappa shape index (κ1) is 17.3. The predicted octanol–water partition coefficient (Wildman–Crippen LogP) is 0.418. The first-order valence-electron chi connectivity index (χ1n) is 6.68. The number of nitrogens with one attached hydrogen (secondary N) is 4. The van der Waals surface area contributed by atoms with Crippen LogP contribution in [0, 0.1) is 5.41 Å². The van der Waals surface area contributed by atoms with Crippen LogP contribution in [-0.2, 0) is 9.59 Å². The van der Waals surface area contributed by atoms with Gasteiger partial charge in [0.1, 0.15) is 0 Å². The van der Waals surface area contributed by atoms with Gasteiger partial charge in [-0.25, -0.2) is 10.2 Å². The van der Waals surface area contributed by atoms with E-state index in [4.69, 9.17) is 11.6 Å². The van der Waals surface area contributed by atoms with Crippen molar-refractivity contribution in [3.63, 3.8) is 0 Å². The zero-order valence-electron chi connectivity index (χ0n) is 12.2.